The SMILES string of the molecule is C.C.CC.CC.CC(C)c1ccc(C(C)C)cc1.Oc1cccc2c(O)cccc12. The first-order chi connectivity index (χ1) is 13.4. The van der Waals surface area contributed by atoms with Crippen LogP contribution in [0, 0.1) is 0 Å². The summed E-state index contributed by atoms with van der Waals surface area (Å²) < 4.78 is 0. The van der Waals surface area contributed by atoms with Crippen molar-refractivity contribution < 1.29 is 10.2 Å². The Bertz CT molecular complexity index is 719. The summed E-state index contributed by atoms with van der Waals surface area (Å²) in [6.45, 7) is 16.9. The van der Waals surface area contributed by atoms with Crippen LogP contribution in [0.2, 0.25) is 0 Å². The van der Waals surface area contributed by atoms with E-state index in [9.17, 15) is 10.2 Å². The molecule has 0 spiro atoms. The van der Waals surface area contributed by atoms with Crippen molar-refractivity contribution in [2.24, 2.45) is 0 Å². The number of hydrogen-bond acceptors (Lipinski definition) is 2. The van der Waals surface area contributed by atoms with Gasteiger partial charge in [-0.15, -0.1) is 0 Å². The maximum Gasteiger partial charge on any atom is 0.123 e. The summed E-state index contributed by atoms with van der Waals surface area (Å²) in [5, 5.41) is 20.1. The third-order valence-corrected chi connectivity index (χ3v) is 4.15. The van der Waals surface area contributed by atoms with Gasteiger partial charge in [0, 0.05) is 10.8 Å². The van der Waals surface area contributed by atoms with Gasteiger partial charge in [0.15, 0.2) is 0 Å². The standard InChI is InChI=1S/C12H18.C10H8O2.2C2H6.2CH4/c1-9(2)11-5-7-12(8-6-11)10(3)4;11-9-5-1-3-7-8(9)4-2-6-10(7)12;2*1-2;;/h5-10H,1-4H3;1-6,11-12H;2*1-2H3;2*1H4. The monoisotopic (exact) mass is 414 g/mol. The van der Waals surface area contributed by atoms with Crippen molar-refractivity contribution in [2.75, 3.05) is 0 Å². The summed E-state index contributed by atoms with van der Waals surface area (Å²) in [6, 6.07) is 19.1. The van der Waals surface area contributed by atoms with E-state index in [1.165, 1.54) is 11.1 Å². The van der Waals surface area contributed by atoms with E-state index in [2.05, 4.69) is 52.0 Å². The molecule has 0 aromatic heterocycles. The molecule has 0 radical (unpaired) electrons. The van der Waals surface area contributed by atoms with Crippen LogP contribution in [0.4, 0.5) is 0 Å². The smallest absolute Gasteiger partial charge is 0.123 e. The lowest BCUT2D eigenvalue weighted by Gasteiger charge is -2.08. The van der Waals surface area contributed by atoms with E-state index in [4.69, 9.17) is 0 Å². The molecule has 0 atom stereocenters. The van der Waals surface area contributed by atoms with E-state index in [1.54, 1.807) is 36.4 Å². The first kappa shape index (κ1) is 32.2. The highest BCUT2D eigenvalue weighted by Gasteiger charge is 2.01. The number of phenols is 2. The van der Waals surface area contributed by atoms with Crippen LogP contribution < -0.4 is 0 Å². The second-order valence-electron chi connectivity index (χ2n) is 6.63. The van der Waals surface area contributed by atoms with Crippen molar-refractivity contribution in [3.8, 4) is 11.5 Å². The zero-order chi connectivity index (χ0) is 21.7. The second-order valence-corrected chi connectivity index (χ2v) is 6.63. The predicted octanol–water partition coefficient (Wildman–Crippen LogP) is 9.51. The molecule has 3 aromatic rings. The van der Waals surface area contributed by atoms with Gasteiger partial charge in [-0.2, -0.15) is 0 Å². The van der Waals surface area contributed by atoms with E-state index < -0.39 is 0 Å². The molecule has 3 aromatic carbocycles. The Morgan fingerprint density at radius 2 is 0.767 bits per heavy atom. The minimum atomic E-state index is 0. The Kier molecular flexibility index (Phi) is 18.7. The van der Waals surface area contributed by atoms with Crippen LogP contribution in [0.3, 0.4) is 0 Å². The molecule has 0 aliphatic carbocycles. The van der Waals surface area contributed by atoms with Gasteiger partial charge in [-0.25, -0.2) is 0 Å². The minimum absolute atomic E-state index is 0. The Labute approximate surface area is 186 Å². The van der Waals surface area contributed by atoms with Crippen molar-refractivity contribution in [1.82, 2.24) is 0 Å². The highest BCUT2D eigenvalue weighted by atomic mass is 16.3. The van der Waals surface area contributed by atoms with Gasteiger partial charge in [-0.1, -0.05) is 119 Å². The van der Waals surface area contributed by atoms with Crippen LogP contribution in [-0.2, 0) is 0 Å². The summed E-state index contributed by atoms with van der Waals surface area (Å²) in [6.07, 6.45) is 0. The third kappa shape index (κ3) is 9.82. The van der Waals surface area contributed by atoms with Gasteiger partial charge >= 0.3 is 0 Å². The minimum Gasteiger partial charge on any atom is -0.507 e. The molecular formula is C28H46O2. The normalized spacial score (nSPS) is 9.00. The number of rotatable bonds is 2. The number of phenolic OH excluding ortho intramolecular Hbond substituents is 2. The van der Waals surface area contributed by atoms with Gasteiger partial charge in [-0.3, -0.25) is 0 Å². The molecular weight excluding hydrogens is 368 g/mol. The summed E-state index contributed by atoms with van der Waals surface area (Å²) >= 11 is 0. The highest BCUT2D eigenvalue weighted by molar-refractivity contribution is 5.92. The van der Waals surface area contributed by atoms with E-state index in [0.717, 1.165) is 0 Å². The van der Waals surface area contributed by atoms with Crippen molar-refractivity contribution >= 4 is 10.8 Å². The molecule has 170 valence electrons. The Morgan fingerprint density at radius 3 is 1.00 bits per heavy atom. The second kappa shape index (κ2) is 17.4. The molecule has 0 aliphatic heterocycles. The van der Waals surface area contributed by atoms with Crippen LogP contribution in [-0.4, -0.2) is 10.2 Å². The fraction of sp³-hybridized carbons (Fsp3) is 0.429. The number of aromatic hydroxyl groups is 2. The van der Waals surface area contributed by atoms with E-state index in [1.807, 2.05) is 27.7 Å². The fourth-order valence-electron chi connectivity index (χ4n) is 2.54. The van der Waals surface area contributed by atoms with Crippen molar-refractivity contribution in [3.63, 3.8) is 0 Å². The zero-order valence-electron chi connectivity index (χ0n) is 18.8. The molecule has 2 heteroatoms. The Balaban J connectivity index is -0.000000394. The number of hydrogen-bond donors (Lipinski definition) is 2. The molecule has 0 amide bonds. The molecule has 0 bridgehead atoms. The molecule has 0 aliphatic rings. The molecule has 3 rings (SSSR count). The van der Waals surface area contributed by atoms with Crippen LogP contribution >= 0.6 is 0 Å². The predicted molar refractivity (Wildman–Crippen MR) is 138 cm³/mol. The highest BCUT2D eigenvalue weighted by Crippen LogP contribution is 2.29. The zero-order valence-corrected chi connectivity index (χ0v) is 18.8. The Morgan fingerprint density at radius 1 is 0.500 bits per heavy atom. The third-order valence-electron chi connectivity index (χ3n) is 4.15. The van der Waals surface area contributed by atoms with Crippen LogP contribution in [0.15, 0.2) is 60.7 Å². The molecule has 0 unspecified atom stereocenters. The maximum atomic E-state index is 9.38. The summed E-state index contributed by atoms with van der Waals surface area (Å²) in [5.41, 5.74) is 2.86. The maximum absolute atomic E-state index is 9.38. The fourth-order valence-corrected chi connectivity index (χ4v) is 2.54. The van der Waals surface area contributed by atoms with Gasteiger partial charge in [-0.05, 0) is 35.1 Å². The molecule has 0 fully saturated rings. The topological polar surface area (TPSA) is 40.5 Å². The molecule has 0 heterocycles. The lowest BCUT2D eigenvalue weighted by molar-refractivity contribution is 0.475. The lowest BCUT2D eigenvalue weighted by atomic mass is 9.97. The van der Waals surface area contributed by atoms with Gasteiger partial charge in [0.25, 0.3) is 0 Å². The van der Waals surface area contributed by atoms with Crippen molar-refractivity contribution in [3.05, 3.63) is 71.8 Å². The molecule has 30 heavy (non-hydrogen) atoms. The Hall–Kier alpha value is -2.48. The van der Waals surface area contributed by atoms with Crippen LogP contribution in [0.1, 0.15) is 93.2 Å². The van der Waals surface area contributed by atoms with E-state index in [0.29, 0.717) is 22.6 Å². The molecule has 2 N–H and O–H groups in total. The summed E-state index contributed by atoms with van der Waals surface area (Å²) in [5.74, 6) is 1.68. The van der Waals surface area contributed by atoms with Crippen molar-refractivity contribution in [2.45, 2.75) is 82.1 Å². The van der Waals surface area contributed by atoms with E-state index >= 15 is 0 Å². The number of benzene rings is 3. The largest absolute Gasteiger partial charge is 0.507 e. The lowest BCUT2D eigenvalue weighted by Crippen LogP contribution is -1.90. The van der Waals surface area contributed by atoms with E-state index in [-0.39, 0.29) is 26.4 Å². The number of fused-ring (bicyclic) bond motifs is 1. The average molecular weight is 415 g/mol. The van der Waals surface area contributed by atoms with Gasteiger partial charge in [0.1, 0.15) is 11.5 Å². The van der Waals surface area contributed by atoms with Crippen LogP contribution in [0.25, 0.3) is 10.8 Å². The molecule has 2 nitrogen and oxygen atoms in total. The van der Waals surface area contributed by atoms with Gasteiger partial charge in [0.2, 0.25) is 0 Å². The van der Waals surface area contributed by atoms with Crippen LogP contribution in [0.5, 0.6) is 11.5 Å². The first-order valence-corrected chi connectivity index (χ1v) is 10.4. The van der Waals surface area contributed by atoms with Gasteiger partial charge < -0.3 is 10.2 Å². The average Bonchev–Trinajstić information content (AvgIpc) is 2.72. The molecule has 0 saturated carbocycles. The first-order valence-electron chi connectivity index (χ1n) is 10.4. The van der Waals surface area contributed by atoms with Gasteiger partial charge in [0.05, 0.1) is 0 Å². The summed E-state index contributed by atoms with van der Waals surface area (Å²) in [7, 11) is 0. The molecule has 0 saturated heterocycles. The summed E-state index contributed by atoms with van der Waals surface area (Å²) in [4.78, 5) is 0. The van der Waals surface area contributed by atoms with Crippen molar-refractivity contribution in [1.29, 1.82) is 0 Å². The quantitative estimate of drug-likeness (QED) is 0.438.